The van der Waals surface area contributed by atoms with Gasteiger partial charge in [0.15, 0.2) is 5.69 Å². The lowest BCUT2D eigenvalue weighted by Crippen LogP contribution is -2.41. The number of carbonyl (C=O) groups excluding carboxylic acids is 1. The summed E-state index contributed by atoms with van der Waals surface area (Å²) in [5.41, 5.74) is 3.80. The van der Waals surface area contributed by atoms with Crippen molar-refractivity contribution in [2.45, 2.75) is 19.5 Å². The summed E-state index contributed by atoms with van der Waals surface area (Å²) in [5.74, 6) is -0.0209. The van der Waals surface area contributed by atoms with E-state index in [1.165, 1.54) is 16.3 Å². The van der Waals surface area contributed by atoms with Crippen LogP contribution in [0.5, 0.6) is 0 Å². The Kier molecular flexibility index (Phi) is 3.94. The van der Waals surface area contributed by atoms with Gasteiger partial charge in [-0.1, -0.05) is 6.07 Å². The summed E-state index contributed by atoms with van der Waals surface area (Å²) in [7, 11) is 0. The van der Waals surface area contributed by atoms with E-state index in [0.29, 0.717) is 12.2 Å². The highest BCUT2D eigenvalue weighted by molar-refractivity contribution is 9.10. The van der Waals surface area contributed by atoms with Crippen LogP contribution in [0.15, 0.2) is 58.5 Å². The quantitative estimate of drug-likeness (QED) is 0.447. The van der Waals surface area contributed by atoms with Crippen LogP contribution in [-0.2, 0) is 6.54 Å². The summed E-state index contributed by atoms with van der Waals surface area (Å²) in [6, 6.07) is 14.3. The Morgan fingerprint density at radius 3 is 2.93 bits per heavy atom. The van der Waals surface area contributed by atoms with Gasteiger partial charge in [-0.05, 0) is 64.6 Å². The minimum Gasteiger partial charge on any atom is -0.340 e. The van der Waals surface area contributed by atoms with Crippen LogP contribution < -0.4 is 0 Å². The van der Waals surface area contributed by atoms with Crippen molar-refractivity contribution in [3.05, 3.63) is 69.9 Å². The molecule has 0 bridgehead atoms. The van der Waals surface area contributed by atoms with Gasteiger partial charge in [0.2, 0.25) is 0 Å². The maximum Gasteiger partial charge on any atom is 0.275 e. The highest BCUT2D eigenvalue weighted by atomic mass is 79.9. The number of fused-ring (bicyclic) bond motifs is 2. The molecule has 5 heterocycles. The Morgan fingerprint density at radius 1 is 1.22 bits per heavy atom. The van der Waals surface area contributed by atoms with Gasteiger partial charge in [0.1, 0.15) is 0 Å². The standard InChI is InChI=1S/C20H17BrN4OS/c1-13-17-6-7-18(19-3-2-10-27-19)24(17)9-8-23(13)20(26)16-11-15-5-4-14(21)12-25(15)22-16/h2-7,10-13H,8-9H2,1H3. The molecule has 0 aromatic carbocycles. The first-order chi connectivity index (χ1) is 13.1. The van der Waals surface area contributed by atoms with Gasteiger partial charge in [-0.2, -0.15) is 5.10 Å². The fourth-order valence-electron chi connectivity index (χ4n) is 3.79. The van der Waals surface area contributed by atoms with Crippen LogP contribution in [0, 0.1) is 0 Å². The fourth-order valence-corrected chi connectivity index (χ4v) is 4.87. The van der Waals surface area contributed by atoms with Crippen LogP contribution >= 0.6 is 27.3 Å². The summed E-state index contributed by atoms with van der Waals surface area (Å²) in [4.78, 5) is 16.3. The van der Waals surface area contributed by atoms with E-state index in [1.807, 2.05) is 29.3 Å². The Bertz CT molecular complexity index is 1140. The second-order valence-electron chi connectivity index (χ2n) is 6.69. The van der Waals surface area contributed by atoms with Crippen LogP contribution in [0.3, 0.4) is 0 Å². The molecule has 1 unspecified atom stereocenters. The number of rotatable bonds is 2. The van der Waals surface area contributed by atoms with Crippen molar-refractivity contribution >= 4 is 38.7 Å². The topological polar surface area (TPSA) is 42.5 Å². The Labute approximate surface area is 169 Å². The van der Waals surface area contributed by atoms with E-state index >= 15 is 0 Å². The van der Waals surface area contributed by atoms with E-state index in [0.717, 1.165) is 16.5 Å². The molecule has 1 aliphatic rings. The predicted octanol–water partition coefficient (Wildman–Crippen LogP) is 4.84. The van der Waals surface area contributed by atoms with Gasteiger partial charge in [0.25, 0.3) is 5.91 Å². The average molecular weight is 441 g/mol. The summed E-state index contributed by atoms with van der Waals surface area (Å²) in [5, 5.41) is 6.57. The molecule has 1 amide bonds. The number of nitrogens with zero attached hydrogens (tertiary/aromatic N) is 4. The van der Waals surface area contributed by atoms with Crippen molar-refractivity contribution < 1.29 is 4.79 Å². The van der Waals surface area contributed by atoms with Gasteiger partial charge >= 0.3 is 0 Å². The smallest absolute Gasteiger partial charge is 0.275 e. The van der Waals surface area contributed by atoms with Gasteiger partial charge in [-0.15, -0.1) is 11.3 Å². The van der Waals surface area contributed by atoms with Crippen molar-refractivity contribution in [3.63, 3.8) is 0 Å². The number of hydrogen-bond donors (Lipinski definition) is 0. The second kappa shape index (κ2) is 6.35. The van der Waals surface area contributed by atoms with Crippen LogP contribution in [0.1, 0.15) is 29.1 Å². The Morgan fingerprint density at radius 2 is 2.11 bits per heavy atom. The fraction of sp³-hybridized carbons (Fsp3) is 0.200. The van der Waals surface area contributed by atoms with Crippen molar-refractivity contribution in [1.29, 1.82) is 0 Å². The first kappa shape index (κ1) is 16.8. The summed E-state index contributed by atoms with van der Waals surface area (Å²) in [6.07, 6.45) is 1.87. The third-order valence-corrected chi connectivity index (χ3v) is 6.51. The van der Waals surface area contributed by atoms with E-state index in [2.05, 4.69) is 62.2 Å². The summed E-state index contributed by atoms with van der Waals surface area (Å²) in [6.45, 7) is 3.57. The molecule has 27 heavy (non-hydrogen) atoms. The van der Waals surface area contributed by atoms with Crippen LogP contribution in [-0.4, -0.2) is 31.5 Å². The van der Waals surface area contributed by atoms with E-state index in [-0.39, 0.29) is 11.9 Å². The van der Waals surface area contributed by atoms with E-state index in [4.69, 9.17) is 0 Å². The molecule has 0 N–H and O–H groups in total. The van der Waals surface area contributed by atoms with Gasteiger partial charge in [0.05, 0.1) is 22.1 Å². The van der Waals surface area contributed by atoms with Crippen molar-refractivity contribution in [1.82, 2.24) is 19.1 Å². The van der Waals surface area contributed by atoms with E-state index < -0.39 is 0 Å². The zero-order valence-electron chi connectivity index (χ0n) is 14.7. The van der Waals surface area contributed by atoms with Gasteiger partial charge in [0, 0.05) is 29.5 Å². The number of halogens is 1. The molecule has 5 nitrogen and oxygen atoms in total. The lowest BCUT2D eigenvalue weighted by molar-refractivity contribution is 0.0638. The number of amides is 1. The molecule has 4 aromatic heterocycles. The molecule has 0 saturated carbocycles. The molecule has 136 valence electrons. The van der Waals surface area contributed by atoms with Crippen molar-refractivity contribution in [2.75, 3.05) is 6.54 Å². The van der Waals surface area contributed by atoms with E-state index in [1.54, 1.807) is 15.9 Å². The average Bonchev–Trinajstić information content (AvgIpc) is 3.39. The minimum absolute atomic E-state index is 0.0107. The number of aromatic nitrogens is 3. The molecule has 0 fully saturated rings. The zero-order chi connectivity index (χ0) is 18.5. The third kappa shape index (κ3) is 2.73. The monoisotopic (exact) mass is 440 g/mol. The van der Waals surface area contributed by atoms with Crippen molar-refractivity contribution in [3.8, 4) is 10.6 Å². The Balaban J connectivity index is 1.47. The molecule has 0 radical (unpaired) electrons. The number of pyridine rings is 1. The maximum atomic E-state index is 13.1. The molecule has 5 rings (SSSR count). The normalized spacial score (nSPS) is 16.7. The molecule has 7 heteroatoms. The number of thiophene rings is 1. The van der Waals surface area contributed by atoms with Gasteiger partial charge in [-0.25, -0.2) is 4.52 Å². The predicted molar refractivity (Wildman–Crippen MR) is 110 cm³/mol. The molecule has 1 atom stereocenters. The van der Waals surface area contributed by atoms with Crippen molar-refractivity contribution in [2.24, 2.45) is 0 Å². The highest BCUT2D eigenvalue weighted by Crippen LogP contribution is 2.34. The second-order valence-corrected chi connectivity index (χ2v) is 8.56. The maximum absolute atomic E-state index is 13.1. The molecule has 1 aliphatic heterocycles. The van der Waals surface area contributed by atoms with Crippen LogP contribution in [0.25, 0.3) is 16.1 Å². The minimum atomic E-state index is -0.0209. The molecule has 0 aliphatic carbocycles. The van der Waals surface area contributed by atoms with Gasteiger partial charge < -0.3 is 9.47 Å². The third-order valence-electron chi connectivity index (χ3n) is 5.15. The molecule has 0 spiro atoms. The molecular formula is C20H17BrN4OS. The lowest BCUT2D eigenvalue weighted by atomic mass is 10.1. The van der Waals surface area contributed by atoms with E-state index in [9.17, 15) is 4.79 Å². The summed E-state index contributed by atoms with van der Waals surface area (Å²) < 4.78 is 5.01. The van der Waals surface area contributed by atoms with Gasteiger partial charge in [-0.3, -0.25) is 4.79 Å². The molecule has 4 aromatic rings. The zero-order valence-corrected chi connectivity index (χ0v) is 17.1. The summed E-state index contributed by atoms with van der Waals surface area (Å²) >= 11 is 5.19. The van der Waals surface area contributed by atoms with Crippen LogP contribution in [0.2, 0.25) is 0 Å². The Hall–Kier alpha value is -2.38. The first-order valence-electron chi connectivity index (χ1n) is 8.81. The highest BCUT2D eigenvalue weighted by Gasteiger charge is 2.31. The number of carbonyl (C=O) groups is 1. The SMILES string of the molecule is CC1c2ccc(-c3cccs3)n2CCN1C(=O)c1cc2ccc(Br)cn2n1. The molecular weight excluding hydrogens is 424 g/mol. The van der Waals surface area contributed by atoms with Crippen LogP contribution in [0.4, 0.5) is 0 Å². The number of hydrogen-bond acceptors (Lipinski definition) is 3. The largest absolute Gasteiger partial charge is 0.340 e. The first-order valence-corrected chi connectivity index (χ1v) is 10.5. The molecule has 0 saturated heterocycles. The lowest BCUT2D eigenvalue weighted by Gasteiger charge is -2.35.